The Morgan fingerprint density at radius 2 is 1.71 bits per heavy atom. The van der Waals surface area contributed by atoms with Gasteiger partial charge in [0.1, 0.15) is 17.3 Å². The molecule has 0 radical (unpaired) electrons. The van der Waals surface area contributed by atoms with E-state index in [-0.39, 0.29) is 0 Å². The standard InChI is InChI=1S/C15H16O2/c1-12-5-3-4-6-15(11-12)17-14-9-7-13(16-2)8-10-14/h3-12H,1-2H3. The molecular formula is C15H16O2. The van der Waals surface area contributed by atoms with E-state index in [1.807, 2.05) is 42.5 Å². The second kappa shape index (κ2) is 5.39. The monoisotopic (exact) mass is 228 g/mol. The number of ether oxygens (including phenoxy) is 2. The maximum absolute atomic E-state index is 5.78. The van der Waals surface area contributed by atoms with E-state index in [1.54, 1.807) is 7.11 Å². The molecule has 2 heteroatoms. The molecule has 1 aromatic carbocycles. The zero-order valence-corrected chi connectivity index (χ0v) is 10.1. The Bertz CT molecular complexity index is 452. The lowest BCUT2D eigenvalue weighted by Crippen LogP contribution is -1.94. The van der Waals surface area contributed by atoms with Crippen LogP contribution in [-0.2, 0) is 0 Å². The van der Waals surface area contributed by atoms with Crippen LogP contribution >= 0.6 is 0 Å². The van der Waals surface area contributed by atoms with Crippen LogP contribution in [0.5, 0.6) is 11.5 Å². The Hall–Kier alpha value is -1.96. The van der Waals surface area contributed by atoms with Gasteiger partial charge in [-0.1, -0.05) is 25.2 Å². The minimum atomic E-state index is 0.387. The minimum Gasteiger partial charge on any atom is -0.497 e. The van der Waals surface area contributed by atoms with Crippen molar-refractivity contribution in [1.29, 1.82) is 0 Å². The number of methoxy groups -OCH3 is 1. The van der Waals surface area contributed by atoms with Gasteiger partial charge in [-0.25, -0.2) is 0 Å². The molecule has 2 nitrogen and oxygen atoms in total. The third-order valence-corrected chi connectivity index (χ3v) is 2.51. The van der Waals surface area contributed by atoms with E-state index >= 15 is 0 Å². The summed E-state index contributed by atoms with van der Waals surface area (Å²) in [5.74, 6) is 2.90. The number of benzene rings is 1. The summed E-state index contributed by atoms with van der Waals surface area (Å²) in [7, 11) is 1.65. The van der Waals surface area contributed by atoms with Crippen LogP contribution in [0.3, 0.4) is 0 Å². The van der Waals surface area contributed by atoms with Crippen LogP contribution in [0.4, 0.5) is 0 Å². The van der Waals surface area contributed by atoms with E-state index in [2.05, 4.69) is 19.1 Å². The second-order valence-electron chi connectivity index (χ2n) is 3.95. The third kappa shape index (κ3) is 3.25. The number of allylic oxidation sites excluding steroid dienone is 5. The van der Waals surface area contributed by atoms with E-state index < -0.39 is 0 Å². The molecule has 0 heterocycles. The Balaban J connectivity index is 2.09. The van der Waals surface area contributed by atoms with Gasteiger partial charge in [-0.15, -0.1) is 0 Å². The normalized spacial score (nSPS) is 18.5. The van der Waals surface area contributed by atoms with Gasteiger partial charge in [-0.3, -0.25) is 0 Å². The first-order valence-electron chi connectivity index (χ1n) is 5.66. The molecule has 0 aliphatic heterocycles. The van der Waals surface area contributed by atoms with Gasteiger partial charge in [-0.05, 0) is 42.3 Å². The molecule has 1 aromatic rings. The SMILES string of the molecule is COc1ccc(OC2=CC(C)C=CC=C2)cc1. The summed E-state index contributed by atoms with van der Waals surface area (Å²) in [4.78, 5) is 0. The molecule has 0 aromatic heterocycles. The molecule has 17 heavy (non-hydrogen) atoms. The molecule has 0 saturated carbocycles. The zero-order valence-electron chi connectivity index (χ0n) is 10.1. The maximum Gasteiger partial charge on any atom is 0.127 e. The van der Waals surface area contributed by atoms with Gasteiger partial charge in [0.25, 0.3) is 0 Å². The third-order valence-electron chi connectivity index (χ3n) is 2.51. The van der Waals surface area contributed by atoms with Crippen LogP contribution in [0.2, 0.25) is 0 Å². The fourth-order valence-electron chi connectivity index (χ4n) is 1.61. The van der Waals surface area contributed by atoms with Crippen molar-refractivity contribution in [3.8, 4) is 11.5 Å². The van der Waals surface area contributed by atoms with Crippen molar-refractivity contribution >= 4 is 0 Å². The quantitative estimate of drug-likeness (QED) is 0.785. The fourth-order valence-corrected chi connectivity index (χ4v) is 1.61. The molecule has 1 aliphatic carbocycles. The highest BCUT2D eigenvalue weighted by Gasteiger charge is 2.02. The van der Waals surface area contributed by atoms with Crippen LogP contribution in [0, 0.1) is 5.92 Å². The summed E-state index contributed by atoms with van der Waals surface area (Å²) >= 11 is 0. The molecule has 0 fully saturated rings. The van der Waals surface area contributed by atoms with Crippen LogP contribution < -0.4 is 9.47 Å². The van der Waals surface area contributed by atoms with Gasteiger partial charge in [-0.2, -0.15) is 0 Å². The molecule has 88 valence electrons. The van der Waals surface area contributed by atoms with Gasteiger partial charge in [0.05, 0.1) is 7.11 Å². The van der Waals surface area contributed by atoms with Crippen molar-refractivity contribution in [3.63, 3.8) is 0 Å². The van der Waals surface area contributed by atoms with E-state index in [0.29, 0.717) is 5.92 Å². The molecule has 1 aliphatic rings. The van der Waals surface area contributed by atoms with Crippen LogP contribution in [0.1, 0.15) is 6.92 Å². The van der Waals surface area contributed by atoms with Gasteiger partial charge >= 0.3 is 0 Å². The lowest BCUT2D eigenvalue weighted by atomic mass is 10.1. The molecule has 0 bridgehead atoms. The first kappa shape index (κ1) is 11.5. The van der Waals surface area contributed by atoms with Crippen molar-refractivity contribution in [3.05, 3.63) is 60.4 Å². The van der Waals surface area contributed by atoms with Gasteiger partial charge < -0.3 is 9.47 Å². The van der Waals surface area contributed by atoms with Gasteiger partial charge in [0.15, 0.2) is 0 Å². The van der Waals surface area contributed by atoms with Crippen molar-refractivity contribution in [2.75, 3.05) is 7.11 Å². The van der Waals surface area contributed by atoms with Crippen molar-refractivity contribution < 1.29 is 9.47 Å². The van der Waals surface area contributed by atoms with Crippen LogP contribution in [0.15, 0.2) is 60.4 Å². The average Bonchev–Trinajstić information content (AvgIpc) is 2.55. The summed E-state index contributed by atoms with van der Waals surface area (Å²) in [6, 6.07) is 7.57. The summed E-state index contributed by atoms with van der Waals surface area (Å²) in [6.07, 6.45) is 10.2. The predicted octanol–water partition coefficient (Wildman–Crippen LogP) is 3.72. The van der Waals surface area contributed by atoms with Crippen LogP contribution in [0.25, 0.3) is 0 Å². The number of hydrogen-bond acceptors (Lipinski definition) is 2. The van der Waals surface area contributed by atoms with Crippen molar-refractivity contribution in [1.82, 2.24) is 0 Å². The van der Waals surface area contributed by atoms with E-state index in [4.69, 9.17) is 9.47 Å². The van der Waals surface area contributed by atoms with E-state index in [0.717, 1.165) is 17.3 Å². The molecule has 1 unspecified atom stereocenters. The summed E-state index contributed by atoms with van der Waals surface area (Å²) in [6.45, 7) is 2.13. The fraction of sp³-hybridized carbons (Fsp3) is 0.200. The molecular weight excluding hydrogens is 212 g/mol. The lowest BCUT2D eigenvalue weighted by Gasteiger charge is -2.08. The first-order valence-corrected chi connectivity index (χ1v) is 5.66. The summed E-state index contributed by atoms with van der Waals surface area (Å²) in [5.41, 5.74) is 0. The highest BCUT2D eigenvalue weighted by Crippen LogP contribution is 2.21. The molecule has 0 saturated heterocycles. The van der Waals surface area contributed by atoms with Gasteiger partial charge in [0.2, 0.25) is 0 Å². The molecule has 0 spiro atoms. The van der Waals surface area contributed by atoms with E-state index in [9.17, 15) is 0 Å². The Labute approximate surface area is 102 Å². The largest absolute Gasteiger partial charge is 0.497 e. The smallest absolute Gasteiger partial charge is 0.127 e. The summed E-state index contributed by atoms with van der Waals surface area (Å²) in [5, 5.41) is 0. The minimum absolute atomic E-state index is 0.387. The van der Waals surface area contributed by atoms with Crippen molar-refractivity contribution in [2.45, 2.75) is 6.92 Å². The Morgan fingerprint density at radius 3 is 2.41 bits per heavy atom. The second-order valence-corrected chi connectivity index (χ2v) is 3.95. The average molecular weight is 228 g/mol. The molecule has 0 N–H and O–H groups in total. The first-order chi connectivity index (χ1) is 8.28. The molecule has 0 amide bonds. The zero-order chi connectivity index (χ0) is 12.1. The van der Waals surface area contributed by atoms with Crippen LogP contribution in [-0.4, -0.2) is 7.11 Å². The highest BCUT2D eigenvalue weighted by atomic mass is 16.5. The number of rotatable bonds is 3. The maximum atomic E-state index is 5.78. The lowest BCUT2D eigenvalue weighted by molar-refractivity contribution is 0.410. The number of hydrogen-bond donors (Lipinski definition) is 0. The Kier molecular flexibility index (Phi) is 3.66. The Morgan fingerprint density at radius 1 is 1.00 bits per heavy atom. The molecule has 2 rings (SSSR count). The van der Waals surface area contributed by atoms with Crippen molar-refractivity contribution in [2.24, 2.45) is 5.92 Å². The van der Waals surface area contributed by atoms with Gasteiger partial charge in [0, 0.05) is 0 Å². The van der Waals surface area contributed by atoms with E-state index in [1.165, 1.54) is 0 Å². The topological polar surface area (TPSA) is 18.5 Å². The highest BCUT2D eigenvalue weighted by molar-refractivity contribution is 5.34. The predicted molar refractivity (Wildman–Crippen MR) is 69.1 cm³/mol. The molecule has 1 atom stereocenters. The summed E-state index contributed by atoms with van der Waals surface area (Å²) < 4.78 is 10.9.